The zero-order valence-corrected chi connectivity index (χ0v) is 7.31. The van der Waals surface area contributed by atoms with E-state index in [4.69, 9.17) is 5.11 Å². The third-order valence-electron chi connectivity index (χ3n) is 2.02. The van der Waals surface area contributed by atoms with Crippen LogP contribution in [0.1, 0.15) is 12.6 Å². The van der Waals surface area contributed by atoms with Gasteiger partial charge in [-0.3, -0.25) is 4.98 Å². The van der Waals surface area contributed by atoms with Crippen molar-refractivity contribution in [3.63, 3.8) is 0 Å². The summed E-state index contributed by atoms with van der Waals surface area (Å²) in [6.07, 6.45) is 6.62. The maximum Gasteiger partial charge on any atom is 0.0929 e. The number of aliphatic hydroxyl groups excluding tert-OH is 1. The van der Waals surface area contributed by atoms with Crippen molar-refractivity contribution in [2.24, 2.45) is 0 Å². The summed E-state index contributed by atoms with van der Waals surface area (Å²) in [5.74, 6) is 0. The molecule has 0 aromatic carbocycles. The van der Waals surface area contributed by atoms with E-state index in [0.717, 1.165) is 23.0 Å². The quantitative estimate of drug-likeness (QED) is 0.673. The first-order chi connectivity index (χ1) is 6.33. The second kappa shape index (κ2) is 2.94. The molecule has 1 N–H and O–H groups in total. The Hall–Kier alpha value is -1.77. The Morgan fingerprint density at radius 2 is 2.38 bits per heavy atom. The van der Waals surface area contributed by atoms with Crippen molar-refractivity contribution in [1.29, 1.82) is 0 Å². The molecule has 2 rings (SSSR count). The van der Waals surface area contributed by atoms with Gasteiger partial charge >= 0.3 is 0 Å². The van der Waals surface area contributed by atoms with Crippen molar-refractivity contribution in [3.05, 3.63) is 42.7 Å². The molecule has 2 aromatic heterocycles. The highest BCUT2D eigenvalue weighted by Gasteiger charge is 2.03. The maximum atomic E-state index is 8.87. The number of fused-ring (bicyclic) bond motifs is 1. The molecular formula is C10H10N2O. The second-order valence-electron chi connectivity index (χ2n) is 2.89. The van der Waals surface area contributed by atoms with Gasteiger partial charge in [0, 0.05) is 24.2 Å². The monoisotopic (exact) mass is 174 g/mol. The van der Waals surface area contributed by atoms with Crippen LogP contribution in [-0.4, -0.2) is 14.5 Å². The molecule has 0 aliphatic heterocycles. The standard InChI is InChI=1S/C10H10N2O/c1-8(7-13)10-9-3-2-5-12(9)6-4-11-10/h2-7,13H,1H3/b8-7+. The van der Waals surface area contributed by atoms with E-state index in [9.17, 15) is 0 Å². The average molecular weight is 174 g/mol. The smallest absolute Gasteiger partial charge is 0.0929 e. The Morgan fingerprint density at radius 1 is 1.54 bits per heavy atom. The van der Waals surface area contributed by atoms with Crippen LogP contribution >= 0.6 is 0 Å². The van der Waals surface area contributed by atoms with Gasteiger partial charge in [-0.15, -0.1) is 0 Å². The number of rotatable bonds is 1. The van der Waals surface area contributed by atoms with Gasteiger partial charge in [0.05, 0.1) is 17.5 Å². The molecule has 0 bridgehead atoms. The zero-order valence-electron chi connectivity index (χ0n) is 7.31. The minimum atomic E-state index is 0.768. The number of nitrogens with zero attached hydrogens (tertiary/aromatic N) is 2. The predicted octanol–water partition coefficient (Wildman–Crippen LogP) is 2.25. The Labute approximate surface area is 76.0 Å². The number of aliphatic hydroxyl groups is 1. The van der Waals surface area contributed by atoms with E-state index in [1.807, 2.05) is 35.9 Å². The van der Waals surface area contributed by atoms with E-state index in [1.54, 1.807) is 6.20 Å². The van der Waals surface area contributed by atoms with Crippen molar-refractivity contribution in [3.8, 4) is 0 Å². The fraction of sp³-hybridized carbons (Fsp3) is 0.100. The number of allylic oxidation sites excluding steroid dienone is 1. The van der Waals surface area contributed by atoms with Crippen molar-refractivity contribution < 1.29 is 5.11 Å². The lowest BCUT2D eigenvalue weighted by atomic mass is 10.2. The summed E-state index contributed by atoms with van der Waals surface area (Å²) in [5.41, 5.74) is 2.59. The van der Waals surface area contributed by atoms with Gasteiger partial charge in [0.25, 0.3) is 0 Å². The summed E-state index contributed by atoms with van der Waals surface area (Å²) in [6.45, 7) is 1.83. The van der Waals surface area contributed by atoms with Gasteiger partial charge in [-0.25, -0.2) is 0 Å². The Morgan fingerprint density at radius 3 is 3.15 bits per heavy atom. The predicted molar refractivity (Wildman–Crippen MR) is 51.5 cm³/mol. The minimum Gasteiger partial charge on any atom is -0.515 e. The van der Waals surface area contributed by atoms with Crippen molar-refractivity contribution >= 4 is 11.1 Å². The maximum absolute atomic E-state index is 8.87. The summed E-state index contributed by atoms with van der Waals surface area (Å²) < 4.78 is 1.97. The van der Waals surface area contributed by atoms with Gasteiger partial charge in [-0.1, -0.05) is 0 Å². The lowest BCUT2D eigenvalue weighted by molar-refractivity contribution is 0.475. The van der Waals surface area contributed by atoms with Crippen LogP contribution in [0.5, 0.6) is 0 Å². The van der Waals surface area contributed by atoms with Crippen LogP contribution in [0.15, 0.2) is 37.0 Å². The van der Waals surface area contributed by atoms with Gasteiger partial charge in [-0.2, -0.15) is 0 Å². The van der Waals surface area contributed by atoms with Crippen LogP contribution in [0.3, 0.4) is 0 Å². The summed E-state index contributed by atoms with van der Waals surface area (Å²) in [6, 6.07) is 3.92. The summed E-state index contributed by atoms with van der Waals surface area (Å²) in [4.78, 5) is 4.20. The van der Waals surface area contributed by atoms with Gasteiger partial charge in [-0.05, 0) is 19.1 Å². The molecule has 0 saturated carbocycles. The highest BCUT2D eigenvalue weighted by Crippen LogP contribution is 2.16. The van der Waals surface area contributed by atoms with E-state index in [2.05, 4.69) is 4.98 Å². The van der Waals surface area contributed by atoms with E-state index in [0.29, 0.717) is 0 Å². The molecule has 0 fully saturated rings. The van der Waals surface area contributed by atoms with Crippen LogP contribution in [0.2, 0.25) is 0 Å². The van der Waals surface area contributed by atoms with Gasteiger partial charge in [0.15, 0.2) is 0 Å². The molecule has 2 aromatic rings. The van der Waals surface area contributed by atoms with Crippen LogP contribution < -0.4 is 0 Å². The highest BCUT2D eigenvalue weighted by molar-refractivity contribution is 5.73. The van der Waals surface area contributed by atoms with Gasteiger partial charge in [0.2, 0.25) is 0 Å². The Kier molecular flexibility index (Phi) is 1.77. The third-order valence-corrected chi connectivity index (χ3v) is 2.02. The first-order valence-electron chi connectivity index (χ1n) is 4.06. The first-order valence-corrected chi connectivity index (χ1v) is 4.06. The lowest BCUT2D eigenvalue weighted by Crippen LogP contribution is -1.91. The van der Waals surface area contributed by atoms with E-state index < -0.39 is 0 Å². The molecule has 0 radical (unpaired) electrons. The fourth-order valence-electron chi connectivity index (χ4n) is 1.34. The van der Waals surface area contributed by atoms with E-state index in [-0.39, 0.29) is 0 Å². The molecule has 3 nitrogen and oxygen atoms in total. The first kappa shape index (κ1) is 7.86. The SMILES string of the molecule is C/C(=C\O)c1nccn2cccc12. The van der Waals surface area contributed by atoms with E-state index >= 15 is 0 Å². The summed E-state index contributed by atoms with van der Waals surface area (Å²) in [5, 5.41) is 8.87. The largest absolute Gasteiger partial charge is 0.515 e. The lowest BCUT2D eigenvalue weighted by Gasteiger charge is -2.01. The zero-order chi connectivity index (χ0) is 9.26. The molecule has 0 spiro atoms. The number of aromatic nitrogens is 2. The summed E-state index contributed by atoms with van der Waals surface area (Å²) >= 11 is 0. The normalized spacial score (nSPS) is 12.2. The molecule has 13 heavy (non-hydrogen) atoms. The van der Waals surface area contributed by atoms with Crippen LogP contribution in [0, 0.1) is 0 Å². The Bertz CT molecular complexity index is 457. The number of hydrogen-bond acceptors (Lipinski definition) is 2. The topological polar surface area (TPSA) is 37.5 Å². The molecule has 0 atom stereocenters. The molecule has 3 heteroatoms. The van der Waals surface area contributed by atoms with E-state index in [1.165, 1.54) is 0 Å². The van der Waals surface area contributed by atoms with Gasteiger partial charge in [0.1, 0.15) is 0 Å². The fourth-order valence-corrected chi connectivity index (χ4v) is 1.34. The molecule has 0 saturated heterocycles. The second-order valence-corrected chi connectivity index (χ2v) is 2.89. The third kappa shape index (κ3) is 1.18. The molecule has 0 aliphatic rings. The Balaban J connectivity index is 2.75. The average Bonchev–Trinajstić information content (AvgIpc) is 2.63. The van der Waals surface area contributed by atoms with Crippen LogP contribution in [-0.2, 0) is 0 Å². The van der Waals surface area contributed by atoms with Crippen molar-refractivity contribution in [2.75, 3.05) is 0 Å². The molecule has 2 heterocycles. The molecule has 0 unspecified atom stereocenters. The van der Waals surface area contributed by atoms with Crippen molar-refractivity contribution in [2.45, 2.75) is 6.92 Å². The molecule has 66 valence electrons. The van der Waals surface area contributed by atoms with Crippen LogP contribution in [0.4, 0.5) is 0 Å². The minimum absolute atomic E-state index is 0.768. The van der Waals surface area contributed by atoms with Crippen LogP contribution in [0.25, 0.3) is 11.1 Å². The van der Waals surface area contributed by atoms with Crippen molar-refractivity contribution in [1.82, 2.24) is 9.38 Å². The molecule has 0 aliphatic carbocycles. The highest BCUT2D eigenvalue weighted by atomic mass is 16.2. The summed E-state index contributed by atoms with van der Waals surface area (Å²) in [7, 11) is 0. The molecule has 0 amide bonds. The number of hydrogen-bond donors (Lipinski definition) is 1. The van der Waals surface area contributed by atoms with Gasteiger partial charge < -0.3 is 9.51 Å². The molecular weight excluding hydrogens is 164 g/mol.